The zero-order chi connectivity index (χ0) is 14.6. The maximum absolute atomic E-state index is 12.1. The molecule has 5 heteroatoms. The molecule has 0 saturated heterocycles. The molecule has 1 aromatic carbocycles. The second-order valence-electron chi connectivity index (χ2n) is 5.23. The number of nitrogens with one attached hydrogen (secondary N) is 1. The summed E-state index contributed by atoms with van der Waals surface area (Å²) in [5.41, 5.74) is 0.103. The average Bonchev–Trinajstić information content (AvgIpc) is 2.44. The maximum atomic E-state index is 12.1. The third-order valence-corrected chi connectivity index (χ3v) is 4.39. The molecule has 0 spiro atoms. The number of carbonyl (C=O) groups excluding carboxylic acids is 1. The lowest BCUT2D eigenvalue weighted by Gasteiger charge is -2.31. The van der Waals surface area contributed by atoms with E-state index in [1.807, 2.05) is 0 Å². The lowest BCUT2D eigenvalue weighted by atomic mass is 9.82. The molecule has 0 radical (unpaired) electrons. The molecule has 0 aliphatic heterocycles. The Kier molecular flexibility index (Phi) is 4.91. The summed E-state index contributed by atoms with van der Waals surface area (Å²) in [4.78, 5) is 12.1. The third kappa shape index (κ3) is 3.65. The Balaban J connectivity index is 2.01. The Hall–Kier alpha value is -1.24. The van der Waals surface area contributed by atoms with E-state index in [1.165, 1.54) is 0 Å². The van der Waals surface area contributed by atoms with E-state index in [1.54, 1.807) is 18.2 Å². The van der Waals surface area contributed by atoms with Gasteiger partial charge >= 0.3 is 0 Å². The molecule has 1 aromatic rings. The zero-order valence-electron chi connectivity index (χ0n) is 11.1. The van der Waals surface area contributed by atoms with E-state index in [9.17, 15) is 10.1 Å². The topological polar surface area (TPSA) is 52.9 Å². The van der Waals surface area contributed by atoms with Crippen molar-refractivity contribution < 1.29 is 4.79 Å². The number of benzene rings is 1. The van der Waals surface area contributed by atoms with Crippen LogP contribution < -0.4 is 5.32 Å². The standard InChI is InChI=1S/C15H16Cl2N2O/c16-12-5-4-11(8-13(12)17)9-14(20)19-15(10-18)6-2-1-3-7-15/h4-5,8H,1-3,6-7,9H2,(H,19,20). The minimum absolute atomic E-state index is 0.146. The molecule has 1 aliphatic carbocycles. The van der Waals surface area contributed by atoms with Gasteiger partial charge in [-0.05, 0) is 30.5 Å². The molecule has 1 N–H and O–H groups in total. The van der Waals surface area contributed by atoms with Gasteiger partial charge in [0.2, 0.25) is 5.91 Å². The van der Waals surface area contributed by atoms with E-state index in [2.05, 4.69) is 11.4 Å². The van der Waals surface area contributed by atoms with Gasteiger partial charge in [0, 0.05) is 0 Å². The molecule has 106 valence electrons. The van der Waals surface area contributed by atoms with Crippen LogP contribution in [-0.4, -0.2) is 11.4 Å². The molecule has 1 aliphatic rings. The number of halogens is 2. The van der Waals surface area contributed by atoms with Gasteiger partial charge in [0.1, 0.15) is 5.54 Å². The van der Waals surface area contributed by atoms with Gasteiger partial charge in [0.05, 0.1) is 22.5 Å². The minimum atomic E-state index is -0.689. The normalized spacial score (nSPS) is 17.2. The molecular formula is C15H16Cl2N2O. The molecule has 20 heavy (non-hydrogen) atoms. The summed E-state index contributed by atoms with van der Waals surface area (Å²) < 4.78 is 0. The van der Waals surface area contributed by atoms with Crippen LogP contribution in [0.1, 0.15) is 37.7 Å². The van der Waals surface area contributed by atoms with Gasteiger partial charge in [0.25, 0.3) is 0 Å². The Morgan fingerprint density at radius 2 is 1.95 bits per heavy atom. The number of hydrogen-bond acceptors (Lipinski definition) is 2. The van der Waals surface area contributed by atoms with Gasteiger partial charge in [-0.15, -0.1) is 0 Å². The highest BCUT2D eigenvalue weighted by molar-refractivity contribution is 6.42. The van der Waals surface area contributed by atoms with Crippen LogP contribution in [0.5, 0.6) is 0 Å². The molecule has 2 rings (SSSR count). The monoisotopic (exact) mass is 310 g/mol. The largest absolute Gasteiger partial charge is 0.338 e. The highest BCUT2D eigenvalue weighted by atomic mass is 35.5. The second-order valence-corrected chi connectivity index (χ2v) is 6.04. The van der Waals surface area contributed by atoms with Gasteiger partial charge in [-0.2, -0.15) is 5.26 Å². The predicted molar refractivity (Wildman–Crippen MR) is 79.7 cm³/mol. The molecule has 1 saturated carbocycles. The van der Waals surface area contributed by atoms with Crippen LogP contribution in [0, 0.1) is 11.3 Å². The van der Waals surface area contributed by atoms with Crippen LogP contribution in [0.15, 0.2) is 18.2 Å². The van der Waals surface area contributed by atoms with Crippen molar-refractivity contribution in [3.05, 3.63) is 33.8 Å². The van der Waals surface area contributed by atoms with Crippen LogP contribution in [0.4, 0.5) is 0 Å². The summed E-state index contributed by atoms with van der Waals surface area (Å²) in [7, 11) is 0. The molecule has 0 heterocycles. The van der Waals surface area contributed by atoms with Gasteiger partial charge in [0.15, 0.2) is 0 Å². The van der Waals surface area contributed by atoms with E-state index >= 15 is 0 Å². The third-order valence-electron chi connectivity index (χ3n) is 3.65. The summed E-state index contributed by atoms with van der Waals surface area (Å²) in [6.45, 7) is 0. The molecule has 1 amide bonds. The summed E-state index contributed by atoms with van der Waals surface area (Å²) in [5.74, 6) is -0.146. The number of carbonyl (C=O) groups is 1. The van der Waals surface area contributed by atoms with Crippen LogP contribution in [0.2, 0.25) is 10.0 Å². The first-order valence-corrected chi connectivity index (χ1v) is 7.46. The lowest BCUT2D eigenvalue weighted by Crippen LogP contribution is -2.49. The van der Waals surface area contributed by atoms with E-state index in [0.29, 0.717) is 10.0 Å². The number of hydrogen-bond donors (Lipinski definition) is 1. The first kappa shape index (κ1) is 15.2. The Bertz CT molecular complexity index is 545. The average molecular weight is 311 g/mol. The van der Waals surface area contributed by atoms with Gasteiger partial charge in [-0.1, -0.05) is 48.5 Å². The van der Waals surface area contributed by atoms with E-state index in [4.69, 9.17) is 23.2 Å². The van der Waals surface area contributed by atoms with Crippen molar-refractivity contribution in [3.8, 4) is 6.07 Å². The molecule has 0 atom stereocenters. The minimum Gasteiger partial charge on any atom is -0.338 e. The van der Waals surface area contributed by atoms with Crippen molar-refractivity contribution in [2.24, 2.45) is 0 Å². The first-order chi connectivity index (χ1) is 9.54. The Labute approximate surface area is 128 Å². The fourth-order valence-electron chi connectivity index (χ4n) is 2.57. The first-order valence-electron chi connectivity index (χ1n) is 6.71. The summed E-state index contributed by atoms with van der Waals surface area (Å²) in [5, 5.41) is 13.1. The van der Waals surface area contributed by atoms with Crippen molar-refractivity contribution in [1.82, 2.24) is 5.32 Å². The Morgan fingerprint density at radius 3 is 2.55 bits per heavy atom. The van der Waals surface area contributed by atoms with Crippen molar-refractivity contribution in [2.45, 2.75) is 44.1 Å². The maximum Gasteiger partial charge on any atom is 0.225 e. The van der Waals surface area contributed by atoms with Gasteiger partial charge in [-0.3, -0.25) is 4.79 Å². The summed E-state index contributed by atoms with van der Waals surface area (Å²) in [6, 6.07) is 7.40. The van der Waals surface area contributed by atoms with E-state index in [0.717, 1.165) is 37.7 Å². The van der Waals surface area contributed by atoms with Crippen LogP contribution in [0.25, 0.3) is 0 Å². The highest BCUT2D eigenvalue weighted by Crippen LogP contribution is 2.28. The molecule has 3 nitrogen and oxygen atoms in total. The smallest absolute Gasteiger partial charge is 0.225 e. The van der Waals surface area contributed by atoms with Gasteiger partial charge < -0.3 is 5.32 Å². The fraction of sp³-hybridized carbons (Fsp3) is 0.467. The van der Waals surface area contributed by atoms with Crippen molar-refractivity contribution in [3.63, 3.8) is 0 Å². The second kappa shape index (κ2) is 6.47. The predicted octanol–water partition coefficient (Wildman–Crippen LogP) is 3.88. The van der Waals surface area contributed by atoms with Crippen molar-refractivity contribution in [2.75, 3.05) is 0 Å². The van der Waals surface area contributed by atoms with Crippen LogP contribution in [-0.2, 0) is 11.2 Å². The summed E-state index contributed by atoms with van der Waals surface area (Å²) >= 11 is 11.8. The van der Waals surface area contributed by atoms with E-state index in [-0.39, 0.29) is 12.3 Å². The number of nitriles is 1. The van der Waals surface area contributed by atoms with Crippen LogP contribution >= 0.6 is 23.2 Å². The number of nitrogens with zero attached hydrogens (tertiary/aromatic N) is 1. The zero-order valence-corrected chi connectivity index (χ0v) is 12.6. The molecule has 0 unspecified atom stereocenters. The van der Waals surface area contributed by atoms with Crippen molar-refractivity contribution >= 4 is 29.1 Å². The number of rotatable bonds is 3. The highest BCUT2D eigenvalue weighted by Gasteiger charge is 2.33. The molecule has 0 bridgehead atoms. The molecule has 0 aromatic heterocycles. The molecular weight excluding hydrogens is 295 g/mol. The SMILES string of the molecule is N#CC1(NC(=O)Cc2ccc(Cl)c(Cl)c2)CCCCC1. The van der Waals surface area contributed by atoms with Gasteiger partial charge in [-0.25, -0.2) is 0 Å². The molecule has 1 fully saturated rings. The quantitative estimate of drug-likeness (QED) is 0.921. The Morgan fingerprint density at radius 1 is 1.25 bits per heavy atom. The summed E-state index contributed by atoms with van der Waals surface area (Å²) in [6.07, 6.45) is 4.78. The van der Waals surface area contributed by atoms with Crippen LogP contribution in [0.3, 0.4) is 0 Å². The number of amides is 1. The lowest BCUT2D eigenvalue weighted by molar-refractivity contribution is -0.122. The van der Waals surface area contributed by atoms with E-state index < -0.39 is 5.54 Å². The van der Waals surface area contributed by atoms with Crippen molar-refractivity contribution in [1.29, 1.82) is 5.26 Å². The fourth-order valence-corrected chi connectivity index (χ4v) is 2.89.